The maximum Gasteiger partial charge on any atom is 0.325 e. The van der Waals surface area contributed by atoms with Gasteiger partial charge in [0, 0.05) is 24.9 Å². The molecule has 2 atom stereocenters. The third kappa shape index (κ3) is 4.52. The van der Waals surface area contributed by atoms with Gasteiger partial charge in [-0.25, -0.2) is 0 Å². The average molecular weight is 416 g/mol. The van der Waals surface area contributed by atoms with Crippen LogP contribution in [0.3, 0.4) is 0 Å². The number of fused-ring (bicyclic) bond motifs is 1. The Hall–Kier alpha value is -2.77. The number of carbonyl (C=O) groups excluding carboxylic acids is 3. The van der Waals surface area contributed by atoms with Crippen molar-refractivity contribution in [1.29, 1.82) is 0 Å². The first kappa shape index (κ1) is 20.5. The van der Waals surface area contributed by atoms with E-state index in [1.165, 1.54) is 0 Å². The summed E-state index contributed by atoms with van der Waals surface area (Å²) in [6.45, 7) is 4.17. The van der Waals surface area contributed by atoms with Crippen molar-refractivity contribution in [3.63, 3.8) is 0 Å². The topological polar surface area (TPSA) is 94.2 Å². The first-order valence-electron chi connectivity index (χ1n) is 10.7. The van der Waals surface area contributed by atoms with Gasteiger partial charge in [0.05, 0.1) is 6.61 Å². The number of hydrogen-bond acceptors (Lipinski definition) is 6. The summed E-state index contributed by atoms with van der Waals surface area (Å²) in [6, 6.07) is 5.93. The van der Waals surface area contributed by atoms with E-state index in [2.05, 4.69) is 5.32 Å². The van der Waals surface area contributed by atoms with Gasteiger partial charge in [-0.3, -0.25) is 14.4 Å². The molecule has 2 unspecified atom stereocenters. The Morgan fingerprint density at radius 2 is 1.87 bits per heavy atom. The molecular weight excluding hydrogens is 388 g/mol. The first-order chi connectivity index (χ1) is 14.6. The van der Waals surface area contributed by atoms with E-state index in [4.69, 9.17) is 14.2 Å². The van der Waals surface area contributed by atoms with Crippen molar-refractivity contribution in [3.05, 3.63) is 23.8 Å². The van der Waals surface area contributed by atoms with Gasteiger partial charge in [0.25, 0.3) is 0 Å². The minimum atomic E-state index is -0.433. The summed E-state index contributed by atoms with van der Waals surface area (Å²) in [5.74, 6) is 1.16. The Balaban J connectivity index is 1.24. The highest BCUT2D eigenvalue weighted by Crippen LogP contribution is 2.50. The predicted octanol–water partition coefficient (Wildman–Crippen LogP) is 1.48. The summed E-state index contributed by atoms with van der Waals surface area (Å²) >= 11 is 0. The third-order valence-corrected chi connectivity index (χ3v) is 5.99. The third-order valence-electron chi connectivity index (χ3n) is 5.99. The second-order valence-electron chi connectivity index (χ2n) is 7.97. The van der Waals surface area contributed by atoms with Crippen LogP contribution in [0.15, 0.2) is 18.2 Å². The molecule has 4 rings (SSSR count). The molecule has 0 spiro atoms. The molecule has 2 aliphatic heterocycles. The molecule has 0 bridgehead atoms. The summed E-state index contributed by atoms with van der Waals surface area (Å²) < 4.78 is 16.0. The highest BCUT2D eigenvalue weighted by atomic mass is 16.6. The van der Waals surface area contributed by atoms with E-state index in [0.29, 0.717) is 45.8 Å². The van der Waals surface area contributed by atoms with Crippen LogP contribution < -0.4 is 14.8 Å². The molecule has 1 N–H and O–H groups in total. The number of likely N-dealkylation sites (tertiary alicyclic amines) is 1. The molecule has 1 saturated heterocycles. The lowest BCUT2D eigenvalue weighted by Gasteiger charge is -2.31. The zero-order valence-corrected chi connectivity index (χ0v) is 17.2. The fourth-order valence-corrected chi connectivity index (χ4v) is 4.24. The molecule has 0 aromatic heterocycles. The second-order valence-corrected chi connectivity index (χ2v) is 7.97. The van der Waals surface area contributed by atoms with Gasteiger partial charge in [-0.2, -0.15) is 0 Å². The lowest BCUT2D eigenvalue weighted by Crippen LogP contribution is -2.44. The van der Waals surface area contributed by atoms with Crippen LogP contribution in [-0.4, -0.2) is 62.1 Å². The number of piperidine rings is 1. The quantitative estimate of drug-likeness (QED) is 0.706. The fourth-order valence-electron chi connectivity index (χ4n) is 4.24. The van der Waals surface area contributed by atoms with Crippen LogP contribution in [0.4, 0.5) is 0 Å². The zero-order chi connectivity index (χ0) is 21.1. The molecule has 1 saturated carbocycles. The monoisotopic (exact) mass is 416 g/mol. The Labute approximate surface area is 175 Å². The number of nitrogens with zero attached hydrogens (tertiary/aromatic N) is 1. The molecule has 8 nitrogen and oxygen atoms in total. The number of amides is 2. The van der Waals surface area contributed by atoms with Crippen molar-refractivity contribution in [2.45, 2.75) is 32.1 Å². The fraction of sp³-hybridized carbons (Fsp3) is 0.591. The number of ether oxygens (including phenoxy) is 3. The van der Waals surface area contributed by atoms with Crippen LogP contribution in [0.1, 0.15) is 37.7 Å². The van der Waals surface area contributed by atoms with Gasteiger partial charge in [0.2, 0.25) is 11.8 Å². The molecule has 2 fully saturated rings. The van der Waals surface area contributed by atoms with Gasteiger partial charge >= 0.3 is 5.97 Å². The number of esters is 1. The minimum absolute atomic E-state index is 0.00162. The van der Waals surface area contributed by atoms with Gasteiger partial charge in [0.1, 0.15) is 19.8 Å². The predicted molar refractivity (Wildman–Crippen MR) is 107 cm³/mol. The van der Waals surface area contributed by atoms with E-state index in [1.54, 1.807) is 6.92 Å². The van der Waals surface area contributed by atoms with Gasteiger partial charge in [-0.05, 0) is 49.8 Å². The summed E-state index contributed by atoms with van der Waals surface area (Å²) in [7, 11) is 0. The molecule has 2 heterocycles. The number of nitrogens with one attached hydrogen (secondary N) is 1. The van der Waals surface area contributed by atoms with Crippen molar-refractivity contribution in [2.24, 2.45) is 11.8 Å². The van der Waals surface area contributed by atoms with Crippen molar-refractivity contribution < 1.29 is 28.6 Å². The lowest BCUT2D eigenvalue weighted by molar-refractivity contribution is -0.144. The summed E-state index contributed by atoms with van der Waals surface area (Å²) in [6.07, 6.45) is 2.07. The highest BCUT2D eigenvalue weighted by Gasteiger charge is 2.46. The first-order valence-corrected chi connectivity index (χ1v) is 10.7. The van der Waals surface area contributed by atoms with E-state index >= 15 is 0 Å². The van der Waals surface area contributed by atoms with Crippen LogP contribution >= 0.6 is 0 Å². The van der Waals surface area contributed by atoms with E-state index in [-0.39, 0.29) is 36.1 Å². The smallest absolute Gasteiger partial charge is 0.325 e. The molecule has 1 aliphatic carbocycles. The Morgan fingerprint density at radius 1 is 1.13 bits per heavy atom. The van der Waals surface area contributed by atoms with Crippen LogP contribution in [0.5, 0.6) is 11.5 Å². The second kappa shape index (κ2) is 8.93. The summed E-state index contributed by atoms with van der Waals surface area (Å²) in [5, 5.41) is 2.63. The van der Waals surface area contributed by atoms with Gasteiger partial charge in [-0.1, -0.05) is 6.07 Å². The Kier molecular flexibility index (Phi) is 6.11. The van der Waals surface area contributed by atoms with Crippen molar-refractivity contribution in [1.82, 2.24) is 10.2 Å². The number of benzene rings is 1. The van der Waals surface area contributed by atoms with Crippen LogP contribution in [0.25, 0.3) is 0 Å². The standard InChI is InChI=1S/C22H28N2O6/c1-2-28-20(25)13-23-21(26)14-5-7-24(8-6-14)22(27)17-12-16(17)15-3-4-18-19(11-15)30-10-9-29-18/h3-4,11,14,16-17H,2,5-10,12-13H2,1H3,(H,23,26). The molecule has 1 aromatic rings. The Bertz CT molecular complexity index is 818. The van der Waals surface area contributed by atoms with E-state index in [9.17, 15) is 14.4 Å². The van der Waals surface area contributed by atoms with E-state index in [0.717, 1.165) is 23.5 Å². The minimum Gasteiger partial charge on any atom is -0.486 e. The molecule has 162 valence electrons. The normalized spacial score (nSPS) is 22.9. The summed E-state index contributed by atoms with van der Waals surface area (Å²) in [4.78, 5) is 38.4. The molecule has 1 aromatic carbocycles. The average Bonchev–Trinajstić information content (AvgIpc) is 3.58. The van der Waals surface area contributed by atoms with Crippen molar-refractivity contribution in [2.75, 3.05) is 39.5 Å². The molecule has 2 amide bonds. The zero-order valence-electron chi connectivity index (χ0n) is 17.2. The highest BCUT2D eigenvalue weighted by molar-refractivity contribution is 5.85. The van der Waals surface area contributed by atoms with Crippen molar-refractivity contribution >= 4 is 17.8 Å². The van der Waals surface area contributed by atoms with Crippen LogP contribution in [0.2, 0.25) is 0 Å². The van der Waals surface area contributed by atoms with E-state index < -0.39 is 5.97 Å². The van der Waals surface area contributed by atoms with Crippen LogP contribution in [-0.2, 0) is 19.1 Å². The summed E-state index contributed by atoms with van der Waals surface area (Å²) in [5.41, 5.74) is 1.12. The number of hydrogen-bond donors (Lipinski definition) is 1. The van der Waals surface area contributed by atoms with E-state index in [1.807, 2.05) is 23.1 Å². The van der Waals surface area contributed by atoms with Gasteiger partial charge in [-0.15, -0.1) is 0 Å². The molecular formula is C22H28N2O6. The molecule has 0 radical (unpaired) electrons. The van der Waals surface area contributed by atoms with Gasteiger partial charge < -0.3 is 24.4 Å². The SMILES string of the molecule is CCOC(=O)CNC(=O)C1CCN(C(=O)C2CC2c2ccc3c(c2)OCCO3)CC1. The lowest BCUT2D eigenvalue weighted by atomic mass is 9.95. The molecule has 30 heavy (non-hydrogen) atoms. The Morgan fingerprint density at radius 3 is 2.60 bits per heavy atom. The van der Waals surface area contributed by atoms with Crippen LogP contribution in [0, 0.1) is 11.8 Å². The number of rotatable bonds is 6. The van der Waals surface area contributed by atoms with Gasteiger partial charge in [0.15, 0.2) is 11.5 Å². The largest absolute Gasteiger partial charge is 0.486 e. The van der Waals surface area contributed by atoms with Crippen molar-refractivity contribution in [3.8, 4) is 11.5 Å². The molecule has 8 heteroatoms. The molecule has 3 aliphatic rings. The maximum absolute atomic E-state index is 12.9. The number of carbonyl (C=O) groups is 3. The maximum atomic E-state index is 12.9.